The van der Waals surface area contributed by atoms with Gasteiger partial charge in [0.2, 0.25) is 0 Å². The first kappa shape index (κ1) is 25.9. The van der Waals surface area contributed by atoms with Gasteiger partial charge in [0.25, 0.3) is 0 Å². The number of aliphatic hydroxyl groups is 1. The highest BCUT2D eigenvalue weighted by Gasteiger charge is 2.04. The van der Waals surface area contributed by atoms with Gasteiger partial charge in [0.15, 0.2) is 0 Å². The maximum absolute atomic E-state index is 9.33. The molecule has 0 aliphatic carbocycles. The molecule has 2 heteroatoms. The van der Waals surface area contributed by atoms with Crippen LogP contribution in [-0.2, 0) is 0 Å². The zero-order valence-electron chi connectivity index (χ0n) is 18.4. The molecule has 0 heterocycles. The molecule has 2 nitrogen and oxygen atoms in total. The Morgan fingerprint density at radius 1 is 0.538 bits per heavy atom. The molecule has 0 spiro atoms. The molecule has 0 aromatic rings. The standard InChI is InChI=1S/C24H51NO/c1-3-5-7-8-9-10-11-12-13-14-15-16-17-18-19-20-22-25-24(23-26)21-6-4-2/h24-26H,3-23H2,1-2H3. The number of aliphatic hydroxyl groups excluding tert-OH is 1. The fourth-order valence-corrected chi connectivity index (χ4v) is 3.69. The Labute approximate surface area is 165 Å². The molecule has 2 N–H and O–H groups in total. The molecule has 0 aromatic carbocycles. The molecule has 0 aliphatic rings. The Morgan fingerprint density at radius 2 is 0.923 bits per heavy atom. The van der Waals surface area contributed by atoms with Crippen molar-refractivity contribution in [1.29, 1.82) is 0 Å². The molecule has 0 aliphatic heterocycles. The molecule has 0 aromatic heterocycles. The van der Waals surface area contributed by atoms with Crippen molar-refractivity contribution in [3.63, 3.8) is 0 Å². The highest BCUT2D eigenvalue weighted by atomic mass is 16.3. The molecule has 26 heavy (non-hydrogen) atoms. The second-order valence-electron chi connectivity index (χ2n) is 8.28. The Kier molecular flexibility index (Phi) is 22.9. The van der Waals surface area contributed by atoms with Gasteiger partial charge in [-0.1, -0.05) is 123 Å². The van der Waals surface area contributed by atoms with E-state index in [0.717, 1.165) is 13.0 Å². The third-order valence-corrected chi connectivity index (χ3v) is 5.59. The van der Waals surface area contributed by atoms with E-state index in [2.05, 4.69) is 19.2 Å². The van der Waals surface area contributed by atoms with E-state index >= 15 is 0 Å². The van der Waals surface area contributed by atoms with Crippen LogP contribution in [0.25, 0.3) is 0 Å². The molecule has 0 bridgehead atoms. The molecule has 1 unspecified atom stereocenters. The molecular formula is C24H51NO. The predicted octanol–water partition coefficient (Wildman–Crippen LogP) is 7.39. The largest absolute Gasteiger partial charge is 0.395 e. The lowest BCUT2D eigenvalue weighted by Crippen LogP contribution is -2.33. The van der Waals surface area contributed by atoms with Gasteiger partial charge in [-0.3, -0.25) is 0 Å². The lowest BCUT2D eigenvalue weighted by Gasteiger charge is -2.15. The van der Waals surface area contributed by atoms with E-state index in [1.54, 1.807) is 0 Å². The summed E-state index contributed by atoms with van der Waals surface area (Å²) in [7, 11) is 0. The Balaban J connectivity index is 3.11. The van der Waals surface area contributed by atoms with Crippen molar-refractivity contribution in [2.24, 2.45) is 0 Å². The van der Waals surface area contributed by atoms with Crippen molar-refractivity contribution in [3.8, 4) is 0 Å². The quantitative estimate of drug-likeness (QED) is 0.195. The minimum atomic E-state index is 0.291. The zero-order valence-corrected chi connectivity index (χ0v) is 18.4. The minimum Gasteiger partial charge on any atom is -0.395 e. The number of hydrogen-bond acceptors (Lipinski definition) is 2. The van der Waals surface area contributed by atoms with E-state index < -0.39 is 0 Å². The average molecular weight is 370 g/mol. The highest BCUT2D eigenvalue weighted by molar-refractivity contribution is 4.65. The van der Waals surface area contributed by atoms with Gasteiger partial charge in [0.1, 0.15) is 0 Å². The SMILES string of the molecule is CCCCCCCCCCCCCCCCCCNC(CO)CCCC. The van der Waals surface area contributed by atoms with Gasteiger partial charge in [0.05, 0.1) is 6.61 Å². The van der Waals surface area contributed by atoms with Gasteiger partial charge in [-0.15, -0.1) is 0 Å². The van der Waals surface area contributed by atoms with Crippen molar-refractivity contribution in [1.82, 2.24) is 5.32 Å². The maximum atomic E-state index is 9.33. The summed E-state index contributed by atoms with van der Waals surface area (Å²) in [5.41, 5.74) is 0. The highest BCUT2D eigenvalue weighted by Crippen LogP contribution is 2.13. The molecule has 158 valence electrons. The minimum absolute atomic E-state index is 0.291. The average Bonchev–Trinajstić information content (AvgIpc) is 2.66. The third kappa shape index (κ3) is 20.2. The molecule has 0 radical (unpaired) electrons. The fourth-order valence-electron chi connectivity index (χ4n) is 3.69. The molecule has 0 saturated carbocycles. The first-order valence-corrected chi connectivity index (χ1v) is 12.2. The van der Waals surface area contributed by atoms with E-state index in [9.17, 15) is 5.11 Å². The van der Waals surface area contributed by atoms with E-state index in [1.165, 1.54) is 116 Å². The summed E-state index contributed by atoms with van der Waals surface area (Å²) in [6.07, 6.45) is 26.3. The first-order chi connectivity index (χ1) is 12.8. The summed E-state index contributed by atoms with van der Waals surface area (Å²) in [6, 6.07) is 0.325. The zero-order chi connectivity index (χ0) is 19.1. The first-order valence-electron chi connectivity index (χ1n) is 12.2. The molecule has 0 rings (SSSR count). The van der Waals surface area contributed by atoms with E-state index in [4.69, 9.17) is 0 Å². The molecule has 1 atom stereocenters. The summed E-state index contributed by atoms with van der Waals surface area (Å²) in [6.45, 7) is 5.87. The lowest BCUT2D eigenvalue weighted by molar-refractivity contribution is 0.233. The fraction of sp³-hybridized carbons (Fsp3) is 1.00. The predicted molar refractivity (Wildman–Crippen MR) is 118 cm³/mol. The van der Waals surface area contributed by atoms with Crippen molar-refractivity contribution in [2.45, 2.75) is 142 Å². The number of rotatable bonds is 22. The van der Waals surface area contributed by atoms with Crippen LogP contribution in [0, 0.1) is 0 Å². The molecule has 0 amide bonds. The third-order valence-electron chi connectivity index (χ3n) is 5.59. The van der Waals surface area contributed by atoms with Gasteiger partial charge in [-0.05, 0) is 19.4 Å². The van der Waals surface area contributed by atoms with Crippen LogP contribution in [0.3, 0.4) is 0 Å². The van der Waals surface area contributed by atoms with Crippen molar-refractivity contribution < 1.29 is 5.11 Å². The Hall–Kier alpha value is -0.0800. The molecule has 0 fully saturated rings. The Morgan fingerprint density at radius 3 is 1.31 bits per heavy atom. The summed E-state index contributed by atoms with van der Waals surface area (Å²) in [5.74, 6) is 0. The van der Waals surface area contributed by atoms with Crippen LogP contribution in [0.5, 0.6) is 0 Å². The van der Waals surface area contributed by atoms with Gasteiger partial charge in [0, 0.05) is 6.04 Å². The van der Waals surface area contributed by atoms with E-state index in [-0.39, 0.29) is 0 Å². The van der Waals surface area contributed by atoms with Gasteiger partial charge < -0.3 is 10.4 Å². The monoisotopic (exact) mass is 369 g/mol. The molecule has 0 saturated heterocycles. The van der Waals surface area contributed by atoms with Crippen LogP contribution in [0.15, 0.2) is 0 Å². The van der Waals surface area contributed by atoms with E-state index in [0.29, 0.717) is 12.6 Å². The van der Waals surface area contributed by atoms with Crippen LogP contribution in [0.2, 0.25) is 0 Å². The summed E-state index contributed by atoms with van der Waals surface area (Å²) in [5, 5.41) is 12.8. The topological polar surface area (TPSA) is 32.3 Å². The summed E-state index contributed by atoms with van der Waals surface area (Å²) < 4.78 is 0. The summed E-state index contributed by atoms with van der Waals surface area (Å²) >= 11 is 0. The van der Waals surface area contributed by atoms with Crippen molar-refractivity contribution >= 4 is 0 Å². The Bertz CT molecular complexity index is 244. The second-order valence-corrected chi connectivity index (χ2v) is 8.28. The lowest BCUT2D eigenvalue weighted by atomic mass is 10.0. The number of hydrogen-bond donors (Lipinski definition) is 2. The van der Waals surface area contributed by atoms with Crippen LogP contribution in [-0.4, -0.2) is 24.3 Å². The number of nitrogens with one attached hydrogen (secondary N) is 1. The van der Waals surface area contributed by atoms with Gasteiger partial charge in [-0.2, -0.15) is 0 Å². The summed E-state index contributed by atoms with van der Waals surface area (Å²) in [4.78, 5) is 0. The van der Waals surface area contributed by atoms with E-state index in [1.807, 2.05) is 0 Å². The van der Waals surface area contributed by atoms with Crippen molar-refractivity contribution in [2.75, 3.05) is 13.2 Å². The smallest absolute Gasteiger partial charge is 0.0584 e. The van der Waals surface area contributed by atoms with Gasteiger partial charge >= 0.3 is 0 Å². The maximum Gasteiger partial charge on any atom is 0.0584 e. The number of unbranched alkanes of at least 4 members (excludes halogenated alkanes) is 16. The van der Waals surface area contributed by atoms with Crippen LogP contribution in [0.4, 0.5) is 0 Å². The van der Waals surface area contributed by atoms with Crippen LogP contribution in [0.1, 0.15) is 136 Å². The van der Waals surface area contributed by atoms with Crippen molar-refractivity contribution in [3.05, 3.63) is 0 Å². The van der Waals surface area contributed by atoms with Gasteiger partial charge in [-0.25, -0.2) is 0 Å². The van der Waals surface area contributed by atoms with Crippen LogP contribution < -0.4 is 5.32 Å². The second kappa shape index (κ2) is 23.0. The molecular weight excluding hydrogens is 318 g/mol. The van der Waals surface area contributed by atoms with Crippen LogP contribution >= 0.6 is 0 Å². The normalized spacial score (nSPS) is 12.6.